The molecule has 2 heterocycles. The molecule has 2 aromatic rings. The summed E-state index contributed by atoms with van der Waals surface area (Å²) in [5.41, 5.74) is -2.91. The van der Waals surface area contributed by atoms with E-state index >= 15 is 0 Å². The number of halogens is 3. The molecule has 1 aromatic heterocycles. The summed E-state index contributed by atoms with van der Waals surface area (Å²) in [6.45, 7) is 2.78. The van der Waals surface area contributed by atoms with Crippen LogP contribution in [-0.2, 0) is 23.8 Å². The average Bonchev–Trinajstić information content (AvgIpc) is 2.88. The number of hydrogen-bond acceptors (Lipinski definition) is 3. The Morgan fingerprint density at radius 1 is 1.30 bits per heavy atom. The molecule has 0 bridgehead atoms. The highest BCUT2D eigenvalue weighted by Gasteiger charge is 2.37. The quantitative estimate of drug-likeness (QED) is 0.931. The lowest BCUT2D eigenvalue weighted by atomic mass is 10.1. The number of alkyl halides is 3. The van der Waals surface area contributed by atoms with E-state index in [1.54, 1.807) is 0 Å². The lowest BCUT2D eigenvalue weighted by Crippen LogP contribution is -2.31. The number of hydrogen-bond donors (Lipinski definition) is 1. The number of rotatable bonds is 3. The first-order valence-electron chi connectivity index (χ1n) is 7.21. The van der Waals surface area contributed by atoms with Crippen molar-refractivity contribution in [3.05, 3.63) is 42.0 Å². The first-order chi connectivity index (χ1) is 10.8. The third-order valence-corrected chi connectivity index (χ3v) is 5.03. The van der Waals surface area contributed by atoms with Gasteiger partial charge in [-0.2, -0.15) is 13.2 Å². The van der Waals surface area contributed by atoms with Crippen LogP contribution in [0.5, 0.6) is 0 Å². The predicted molar refractivity (Wildman–Crippen MR) is 81.6 cm³/mol. The Morgan fingerprint density at radius 3 is 2.65 bits per heavy atom. The molecular weight excluding hydrogens is 327 g/mol. The summed E-state index contributed by atoms with van der Waals surface area (Å²) >= 11 is 0. The second-order valence-corrected chi connectivity index (χ2v) is 7.02. The van der Waals surface area contributed by atoms with Gasteiger partial charge in [0.1, 0.15) is 5.82 Å². The van der Waals surface area contributed by atoms with Gasteiger partial charge in [-0.05, 0) is 37.6 Å². The van der Waals surface area contributed by atoms with Gasteiger partial charge < -0.3 is 9.88 Å². The van der Waals surface area contributed by atoms with Gasteiger partial charge in [0.2, 0.25) is 0 Å². The molecule has 8 heteroatoms. The van der Waals surface area contributed by atoms with E-state index in [1.807, 2.05) is 13.1 Å². The van der Waals surface area contributed by atoms with Crippen LogP contribution in [0.4, 0.5) is 18.9 Å². The summed E-state index contributed by atoms with van der Waals surface area (Å²) < 4.78 is 50.7. The standard InChI is InChI=1S/C15H16F3N3OS/c1-10-8-19-14-7-4-12(9-21(10)14)20-11-2-5-13(6-3-11)23(22)15(16,17)18/h2-3,5-6,8,12,20H,4,7,9H2,1H3. The maximum absolute atomic E-state index is 12.4. The highest BCUT2D eigenvalue weighted by Crippen LogP contribution is 2.27. The van der Waals surface area contributed by atoms with Crippen LogP contribution < -0.4 is 5.32 Å². The fraction of sp³-hybridized carbons (Fsp3) is 0.400. The van der Waals surface area contributed by atoms with Gasteiger partial charge in [-0.3, -0.25) is 0 Å². The van der Waals surface area contributed by atoms with E-state index in [2.05, 4.69) is 14.9 Å². The molecule has 3 rings (SSSR count). The number of fused-ring (bicyclic) bond motifs is 1. The lowest BCUT2D eigenvalue weighted by Gasteiger charge is -2.26. The van der Waals surface area contributed by atoms with Crippen LogP contribution in [0.1, 0.15) is 17.9 Å². The van der Waals surface area contributed by atoms with Crippen molar-refractivity contribution < 1.29 is 17.4 Å². The van der Waals surface area contributed by atoms with Crippen LogP contribution in [0, 0.1) is 6.92 Å². The highest BCUT2D eigenvalue weighted by atomic mass is 32.2. The van der Waals surface area contributed by atoms with Crippen molar-refractivity contribution in [3.63, 3.8) is 0 Å². The van der Waals surface area contributed by atoms with Crippen molar-refractivity contribution in [1.29, 1.82) is 0 Å². The van der Waals surface area contributed by atoms with Gasteiger partial charge in [0.15, 0.2) is 10.8 Å². The molecule has 1 aliphatic heterocycles. The van der Waals surface area contributed by atoms with E-state index in [0.29, 0.717) is 0 Å². The minimum atomic E-state index is -4.73. The number of anilines is 1. The third kappa shape index (κ3) is 3.41. The zero-order chi connectivity index (χ0) is 16.6. The minimum Gasteiger partial charge on any atom is -0.380 e. The van der Waals surface area contributed by atoms with Gasteiger partial charge in [0.25, 0.3) is 0 Å². The maximum Gasteiger partial charge on any atom is 0.475 e. The van der Waals surface area contributed by atoms with Gasteiger partial charge >= 0.3 is 5.51 Å². The first-order valence-corrected chi connectivity index (χ1v) is 8.36. The normalized spacial score (nSPS) is 19.2. The summed E-state index contributed by atoms with van der Waals surface area (Å²) in [6, 6.07) is 5.77. The molecule has 1 aliphatic rings. The fourth-order valence-corrected chi connectivity index (χ4v) is 3.39. The molecule has 0 saturated carbocycles. The smallest absolute Gasteiger partial charge is 0.380 e. The molecule has 1 aromatic carbocycles. The Labute approximate surface area is 134 Å². The van der Waals surface area contributed by atoms with Crippen LogP contribution in [0.25, 0.3) is 0 Å². The van der Waals surface area contributed by atoms with E-state index in [1.165, 1.54) is 24.3 Å². The topological polar surface area (TPSA) is 46.9 Å². The van der Waals surface area contributed by atoms with Crippen LogP contribution in [0.2, 0.25) is 0 Å². The molecule has 4 nitrogen and oxygen atoms in total. The Bertz CT molecular complexity index is 725. The van der Waals surface area contributed by atoms with Gasteiger partial charge in [0, 0.05) is 41.5 Å². The molecule has 0 radical (unpaired) electrons. The molecule has 1 N–H and O–H groups in total. The molecule has 2 atom stereocenters. The largest absolute Gasteiger partial charge is 0.475 e. The monoisotopic (exact) mass is 343 g/mol. The van der Waals surface area contributed by atoms with E-state index in [0.717, 1.165) is 36.6 Å². The Morgan fingerprint density at radius 2 is 2.00 bits per heavy atom. The van der Waals surface area contributed by atoms with E-state index < -0.39 is 16.3 Å². The van der Waals surface area contributed by atoms with Gasteiger partial charge in [0.05, 0.1) is 0 Å². The minimum absolute atomic E-state index is 0.189. The Kier molecular flexibility index (Phi) is 4.18. The van der Waals surface area contributed by atoms with Crippen LogP contribution in [-0.4, -0.2) is 25.3 Å². The molecule has 0 spiro atoms. The number of imidazole rings is 1. The molecule has 23 heavy (non-hydrogen) atoms. The van der Waals surface area contributed by atoms with Crippen LogP contribution in [0.3, 0.4) is 0 Å². The van der Waals surface area contributed by atoms with E-state index in [9.17, 15) is 17.4 Å². The summed E-state index contributed by atoms with van der Waals surface area (Å²) in [6.07, 6.45) is 3.62. The van der Waals surface area contributed by atoms with Crippen molar-refractivity contribution in [1.82, 2.24) is 9.55 Å². The molecule has 124 valence electrons. The van der Waals surface area contributed by atoms with Gasteiger partial charge in [-0.15, -0.1) is 0 Å². The highest BCUT2D eigenvalue weighted by molar-refractivity contribution is 7.86. The summed E-state index contributed by atoms with van der Waals surface area (Å²) in [5, 5.41) is 3.31. The second-order valence-electron chi connectivity index (χ2n) is 5.55. The van der Waals surface area contributed by atoms with Gasteiger partial charge in [-0.1, -0.05) is 0 Å². The fourth-order valence-electron chi connectivity index (χ4n) is 2.74. The Hall–Kier alpha value is -1.83. The van der Waals surface area contributed by atoms with E-state index in [-0.39, 0.29) is 10.9 Å². The number of nitrogens with zero attached hydrogens (tertiary/aromatic N) is 2. The number of aryl methyl sites for hydroxylation is 2. The number of benzene rings is 1. The molecule has 0 aliphatic carbocycles. The number of aromatic nitrogens is 2. The Balaban J connectivity index is 1.68. The van der Waals surface area contributed by atoms with Crippen molar-refractivity contribution in [2.75, 3.05) is 5.32 Å². The first kappa shape index (κ1) is 16.0. The molecule has 0 amide bonds. The second kappa shape index (κ2) is 5.99. The molecular formula is C15H16F3N3OS. The zero-order valence-corrected chi connectivity index (χ0v) is 13.2. The lowest BCUT2D eigenvalue weighted by molar-refractivity contribution is -0.0384. The van der Waals surface area contributed by atoms with Crippen molar-refractivity contribution in [2.24, 2.45) is 0 Å². The summed E-state index contributed by atoms with van der Waals surface area (Å²) in [7, 11) is -2.98. The molecule has 0 fully saturated rings. The maximum atomic E-state index is 12.4. The van der Waals surface area contributed by atoms with Crippen molar-refractivity contribution in [2.45, 2.75) is 42.8 Å². The average molecular weight is 343 g/mol. The van der Waals surface area contributed by atoms with E-state index in [4.69, 9.17) is 0 Å². The molecule has 0 saturated heterocycles. The van der Waals surface area contributed by atoms with Gasteiger partial charge in [-0.25, -0.2) is 9.19 Å². The van der Waals surface area contributed by atoms with Crippen molar-refractivity contribution in [3.8, 4) is 0 Å². The summed E-state index contributed by atoms with van der Waals surface area (Å²) in [4.78, 5) is 4.11. The van der Waals surface area contributed by atoms with Crippen LogP contribution in [0.15, 0.2) is 35.4 Å². The third-order valence-electron chi connectivity index (χ3n) is 3.91. The SMILES string of the molecule is Cc1cnc2n1CC(Nc1ccc(S(=O)C(F)(F)F)cc1)CC2. The summed E-state index contributed by atoms with van der Waals surface area (Å²) in [5.74, 6) is 1.07. The molecule has 2 unspecified atom stereocenters. The zero-order valence-electron chi connectivity index (χ0n) is 12.4. The van der Waals surface area contributed by atoms with Crippen LogP contribution >= 0.6 is 0 Å². The number of nitrogens with one attached hydrogen (secondary N) is 1. The van der Waals surface area contributed by atoms with Crippen molar-refractivity contribution >= 4 is 16.5 Å². The predicted octanol–water partition coefficient (Wildman–Crippen LogP) is 3.25.